The molecule has 10 heteroatoms. The molecule has 0 saturated carbocycles. The van der Waals surface area contributed by atoms with Gasteiger partial charge in [-0.3, -0.25) is 9.59 Å². The van der Waals surface area contributed by atoms with Gasteiger partial charge in [-0.1, -0.05) is 43.5 Å². The van der Waals surface area contributed by atoms with Crippen LogP contribution >= 0.6 is 23.2 Å². The highest BCUT2D eigenvalue weighted by atomic mass is 35.5. The maximum Gasteiger partial charge on any atom is 0.530 e. The first-order valence-corrected chi connectivity index (χ1v) is 11.4. The molecule has 2 saturated heterocycles. The lowest BCUT2D eigenvalue weighted by Gasteiger charge is -2.40. The molecule has 2 N–H and O–H groups in total. The number of carbonyl (C=O) groups is 3. The number of quaternary nitrogens is 1. The van der Waals surface area contributed by atoms with Crippen LogP contribution in [0.4, 0.5) is 0 Å². The van der Waals surface area contributed by atoms with Crippen LogP contribution in [0.2, 0.25) is 15.9 Å². The monoisotopic (exact) mass is 470 g/mol. The SMILES string of the molecule is CC(C)C[C@H](CC(=O)CNC(=O)c1cc(Cl)ccc1Cl)[B-]12OC[C@H](C)[NH+]1[C@@H](C)C(=O)O2. The summed E-state index contributed by atoms with van der Waals surface area (Å²) >= 11 is 12.0. The predicted octanol–water partition coefficient (Wildman–Crippen LogP) is 2.29. The summed E-state index contributed by atoms with van der Waals surface area (Å²) in [4.78, 5) is 38.6. The molecule has 2 fully saturated rings. The van der Waals surface area contributed by atoms with Crippen LogP contribution in [0.25, 0.3) is 0 Å². The van der Waals surface area contributed by atoms with Crippen LogP contribution in [0, 0.1) is 5.92 Å². The third-order valence-corrected chi connectivity index (χ3v) is 6.84. The average Bonchev–Trinajstić information content (AvgIpc) is 3.16. The van der Waals surface area contributed by atoms with Gasteiger partial charge in [0.2, 0.25) is 0 Å². The molecule has 0 aliphatic carbocycles. The number of nitrogens with one attached hydrogen (secondary N) is 2. The first kappa shape index (κ1) is 24.0. The smallest absolute Gasteiger partial charge is 0.530 e. The van der Waals surface area contributed by atoms with Crippen molar-refractivity contribution in [3.63, 3.8) is 0 Å². The zero-order chi connectivity index (χ0) is 22.9. The normalized spacial score (nSPS) is 28.4. The van der Waals surface area contributed by atoms with E-state index in [0.717, 1.165) is 4.81 Å². The van der Waals surface area contributed by atoms with Crippen molar-refractivity contribution >= 4 is 47.5 Å². The minimum absolute atomic E-state index is 0.107. The van der Waals surface area contributed by atoms with Gasteiger partial charge in [-0.05, 0) is 50.2 Å². The molecule has 7 nitrogen and oxygen atoms in total. The van der Waals surface area contributed by atoms with Crippen molar-refractivity contribution in [1.29, 1.82) is 0 Å². The van der Waals surface area contributed by atoms with Crippen LogP contribution in [0.15, 0.2) is 18.2 Å². The van der Waals surface area contributed by atoms with Crippen molar-refractivity contribution in [2.75, 3.05) is 13.2 Å². The molecule has 0 bridgehead atoms. The summed E-state index contributed by atoms with van der Waals surface area (Å²) in [5, 5.41) is 3.26. The number of halogens is 2. The average molecular weight is 471 g/mol. The van der Waals surface area contributed by atoms with Crippen molar-refractivity contribution in [2.45, 2.75) is 58.4 Å². The molecular formula is C21H29BCl2N2O5. The zero-order valence-corrected chi connectivity index (χ0v) is 19.8. The summed E-state index contributed by atoms with van der Waals surface area (Å²) in [5.74, 6) is -0.890. The summed E-state index contributed by atoms with van der Waals surface area (Å²) < 4.78 is 12.0. The number of amides is 1. The van der Waals surface area contributed by atoms with Gasteiger partial charge in [0.25, 0.3) is 5.91 Å². The Hall–Kier alpha value is -1.61. The third kappa shape index (κ3) is 4.92. The summed E-state index contributed by atoms with van der Waals surface area (Å²) in [6, 6.07) is 4.36. The summed E-state index contributed by atoms with van der Waals surface area (Å²) in [6.07, 6.45) is 0.827. The Kier molecular flexibility index (Phi) is 7.36. The molecule has 0 aromatic heterocycles. The molecule has 2 aliphatic heterocycles. The lowest BCUT2D eigenvalue weighted by atomic mass is 9.53. The van der Waals surface area contributed by atoms with Crippen molar-refractivity contribution in [1.82, 2.24) is 5.32 Å². The van der Waals surface area contributed by atoms with Gasteiger partial charge in [0, 0.05) is 5.02 Å². The Morgan fingerprint density at radius 1 is 1.29 bits per heavy atom. The van der Waals surface area contributed by atoms with Crippen molar-refractivity contribution in [3.8, 4) is 0 Å². The Bertz CT molecular complexity index is 883. The number of fused-ring (bicyclic) bond motifs is 1. The standard InChI is InChI=1S/C21H29BCl2N2O5/c1-12(2)7-15(22-26(13(3)11-30-22)14(4)21(29)31-22)8-17(27)10-25-20(28)18-9-16(23)5-6-19(18)24/h5-6,9,12-15,26H,7-8,10-11H2,1-4H3,(H,25,28)/t13-,14-,15+,22?/m0/s1. The minimum atomic E-state index is -1.98. The van der Waals surface area contributed by atoms with Gasteiger partial charge in [-0.2, -0.15) is 0 Å². The molecule has 31 heavy (non-hydrogen) atoms. The maximum atomic E-state index is 12.8. The van der Waals surface area contributed by atoms with E-state index in [1.807, 2.05) is 13.8 Å². The Morgan fingerprint density at radius 2 is 2.00 bits per heavy atom. The first-order valence-electron chi connectivity index (χ1n) is 10.7. The molecular weight excluding hydrogens is 442 g/mol. The molecule has 170 valence electrons. The Labute approximate surface area is 192 Å². The van der Waals surface area contributed by atoms with Crippen LogP contribution in [0.3, 0.4) is 0 Å². The van der Waals surface area contributed by atoms with E-state index in [9.17, 15) is 14.4 Å². The number of carbonyl (C=O) groups excluding carboxylic acids is 3. The Balaban J connectivity index is 1.71. The highest BCUT2D eigenvalue weighted by Crippen LogP contribution is 2.35. The van der Waals surface area contributed by atoms with Crippen LogP contribution < -0.4 is 10.1 Å². The second kappa shape index (κ2) is 9.49. The molecule has 0 radical (unpaired) electrons. The van der Waals surface area contributed by atoms with Gasteiger partial charge >= 0.3 is 12.7 Å². The van der Waals surface area contributed by atoms with Gasteiger partial charge in [0.15, 0.2) is 0 Å². The van der Waals surface area contributed by atoms with Gasteiger partial charge in [0.1, 0.15) is 11.8 Å². The van der Waals surface area contributed by atoms with Gasteiger partial charge in [-0.15, -0.1) is 0 Å². The van der Waals surface area contributed by atoms with Gasteiger partial charge in [0.05, 0.1) is 29.8 Å². The molecule has 1 aromatic carbocycles. The molecule has 5 atom stereocenters. The number of hydrogen-bond donors (Lipinski definition) is 2. The highest BCUT2D eigenvalue weighted by Gasteiger charge is 2.64. The number of hydrogen-bond acceptors (Lipinski definition) is 5. The van der Waals surface area contributed by atoms with Crippen molar-refractivity contribution in [3.05, 3.63) is 33.8 Å². The van der Waals surface area contributed by atoms with E-state index in [4.69, 9.17) is 32.5 Å². The summed E-state index contributed by atoms with van der Waals surface area (Å²) in [5.41, 5.74) is 0.214. The highest BCUT2D eigenvalue weighted by molar-refractivity contribution is 6.64. The fourth-order valence-electron chi connectivity index (χ4n) is 5.00. The molecule has 2 heterocycles. The van der Waals surface area contributed by atoms with E-state index < -0.39 is 12.6 Å². The number of ketones is 1. The molecule has 2 unspecified atom stereocenters. The number of Topliss-reactive ketones (excluding diaryl/α,β-unsaturated/α-hetero) is 1. The van der Waals surface area contributed by atoms with E-state index in [2.05, 4.69) is 19.2 Å². The third-order valence-electron chi connectivity index (χ3n) is 6.28. The quantitative estimate of drug-likeness (QED) is 0.569. The van der Waals surface area contributed by atoms with Crippen LogP contribution in [0.5, 0.6) is 0 Å². The van der Waals surface area contributed by atoms with E-state index >= 15 is 0 Å². The largest absolute Gasteiger partial charge is 0.611 e. The van der Waals surface area contributed by atoms with Crippen LogP contribution in [-0.2, 0) is 18.9 Å². The van der Waals surface area contributed by atoms with E-state index in [-0.39, 0.29) is 59.1 Å². The lowest BCUT2D eigenvalue weighted by molar-refractivity contribution is -0.831. The van der Waals surface area contributed by atoms with Crippen LogP contribution in [-0.4, -0.2) is 49.6 Å². The van der Waals surface area contributed by atoms with Gasteiger partial charge in [-0.25, -0.2) is 4.79 Å². The number of rotatable bonds is 8. The van der Waals surface area contributed by atoms with E-state index in [0.29, 0.717) is 18.1 Å². The lowest BCUT2D eigenvalue weighted by Crippen LogP contribution is -3.25. The first-order chi connectivity index (χ1) is 14.5. The number of benzene rings is 1. The molecule has 0 spiro atoms. The maximum absolute atomic E-state index is 12.8. The summed E-state index contributed by atoms with van der Waals surface area (Å²) in [7, 11) is 0. The predicted molar refractivity (Wildman–Crippen MR) is 119 cm³/mol. The van der Waals surface area contributed by atoms with E-state index in [1.165, 1.54) is 12.1 Å². The van der Waals surface area contributed by atoms with Crippen molar-refractivity contribution in [2.24, 2.45) is 5.92 Å². The summed E-state index contributed by atoms with van der Waals surface area (Å²) in [6.45, 7) is 6.34. The minimum Gasteiger partial charge on any atom is -0.611 e. The molecule has 1 amide bonds. The van der Waals surface area contributed by atoms with E-state index in [1.54, 1.807) is 6.07 Å². The van der Waals surface area contributed by atoms with Crippen LogP contribution in [0.1, 0.15) is 50.9 Å². The zero-order valence-electron chi connectivity index (χ0n) is 18.2. The van der Waals surface area contributed by atoms with Crippen molar-refractivity contribution < 1.29 is 28.5 Å². The Morgan fingerprint density at radius 3 is 2.68 bits per heavy atom. The second-order valence-corrected chi connectivity index (χ2v) is 9.95. The second-order valence-electron chi connectivity index (χ2n) is 9.10. The molecule has 3 rings (SSSR count). The fourth-order valence-corrected chi connectivity index (χ4v) is 5.38. The molecule has 2 aliphatic rings. The fraction of sp³-hybridized carbons (Fsp3) is 0.571. The van der Waals surface area contributed by atoms with Gasteiger partial charge < -0.3 is 19.4 Å². The molecule has 1 aromatic rings. The topological polar surface area (TPSA) is 86.1 Å².